The van der Waals surface area contributed by atoms with Crippen LogP contribution in [0.2, 0.25) is 4.34 Å². The number of rotatable bonds is 8. The Labute approximate surface area is 230 Å². The normalized spacial score (nSPS) is 22.2. The van der Waals surface area contributed by atoms with Crippen molar-refractivity contribution >= 4 is 50.3 Å². The number of carbonyl (C=O) groups excluding carboxylic acids is 2. The van der Waals surface area contributed by atoms with Gasteiger partial charge < -0.3 is 9.80 Å². The number of allylic oxidation sites excluding steroid dienone is 1. The highest BCUT2D eigenvalue weighted by Gasteiger charge is 2.44. The number of aromatic nitrogens is 1. The largest absolute Gasteiger partial charge is 0.345 e. The predicted molar refractivity (Wildman–Crippen MR) is 146 cm³/mol. The molecule has 2 aliphatic rings. The maximum Gasteiger partial charge on any atom is 0.253 e. The number of hydrogen-bond acceptors (Lipinski definition) is 6. The minimum Gasteiger partial charge on any atom is -0.345 e. The predicted octanol–water partition coefficient (Wildman–Crippen LogP) is 3.88. The summed E-state index contributed by atoms with van der Waals surface area (Å²) in [6, 6.07) is 6.60. The van der Waals surface area contributed by atoms with Crippen LogP contribution in [-0.2, 0) is 26.2 Å². The summed E-state index contributed by atoms with van der Waals surface area (Å²) in [5.74, 6) is -0.836. The molecule has 0 saturated carbocycles. The van der Waals surface area contributed by atoms with Gasteiger partial charge >= 0.3 is 0 Å². The fraction of sp³-hybridized carbons (Fsp3) is 0.346. The second kappa shape index (κ2) is 11.5. The van der Waals surface area contributed by atoms with Crippen LogP contribution in [0.4, 0.5) is 4.39 Å². The van der Waals surface area contributed by atoms with Gasteiger partial charge in [0.2, 0.25) is 15.9 Å². The van der Waals surface area contributed by atoms with Gasteiger partial charge in [-0.1, -0.05) is 29.8 Å². The van der Waals surface area contributed by atoms with E-state index in [1.54, 1.807) is 57.5 Å². The number of sulfonamides is 1. The van der Waals surface area contributed by atoms with Crippen molar-refractivity contribution in [2.45, 2.75) is 38.1 Å². The van der Waals surface area contributed by atoms with Gasteiger partial charge in [0.05, 0.1) is 28.0 Å². The van der Waals surface area contributed by atoms with Crippen LogP contribution >= 0.6 is 22.9 Å². The molecule has 1 aliphatic carbocycles. The number of alkyl halides is 1. The van der Waals surface area contributed by atoms with Gasteiger partial charge in [0.25, 0.3) is 5.91 Å². The first-order valence-corrected chi connectivity index (χ1v) is 14.6. The first kappa shape index (κ1) is 28.2. The van der Waals surface area contributed by atoms with Crippen LogP contribution in [0.15, 0.2) is 65.7 Å². The third-order valence-electron chi connectivity index (χ3n) is 6.37. The van der Waals surface area contributed by atoms with E-state index >= 15 is 4.39 Å². The molecule has 2 unspecified atom stereocenters. The van der Waals surface area contributed by atoms with Crippen LogP contribution in [0.3, 0.4) is 0 Å². The minimum atomic E-state index is -4.10. The number of amides is 2. The highest BCUT2D eigenvalue weighted by Crippen LogP contribution is 2.32. The smallest absolute Gasteiger partial charge is 0.253 e. The molecule has 8 nitrogen and oxygen atoms in total. The summed E-state index contributed by atoms with van der Waals surface area (Å²) in [6.45, 7) is 1.71. The number of thiophene rings is 1. The molecule has 0 radical (unpaired) electrons. The Bertz CT molecular complexity index is 1410. The molecular formula is C26H28ClFN4O4S2. The summed E-state index contributed by atoms with van der Waals surface area (Å²) < 4.78 is 44.2. The molecular weight excluding hydrogens is 551 g/mol. The fourth-order valence-corrected chi connectivity index (χ4v) is 7.13. The van der Waals surface area contributed by atoms with E-state index in [9.17, 15) is 18.0 Å². The molecule has 4 rings (SSSR count). The zero-order chi connectivity index (χ0) is 27.6. The van der Waals surface area contributed by atoms with E-state index in [0.29, 0.717) is 20.5 Å². The number of carbonyl (C=O) groups is 2. The zero-order valence-electron chi connectivity index (χ0n) is 21.1. The maximum atomic E-state index is 15.2. The van der Waals surface area contributed by atoms with Gasteiger partial charge in [0.15, 0.2) is 0 Å². The third-order valence-corrected chi connectivity index (χ3v) is 9.42. The van der Waals surface area contributed by atoms with Crippen molar-refractivity contribution in [3.05, 3.63) is 80.6 Å². The molecule has 2 amide bonds. The second-order valence-corrected chi connectivity index (χ2v) is 12.7. The van der Waals surface area contributed by atoms with Crippen molar-refractivity contribution in [2.75, 3.05) is 20.6 Å². The lowest BCUT2D eigenvalue weighted by Crippen LogP contribution is -2.48. The molecule has 38 heavy (non-hydrogen) atoms. The Balaban J connectivity index is 1.61. The summed E-state index contributed by atoms with van der Waals surface area (Å²) in [4.78, 5) is 33.4. The number of halogens is 2. The molecule has 1 saturated heterocycles. The van der Waals surface area contributed by atoms with Crippen molar-refractivity contribution in [1.82, 2.24) is 19.1 Å². The average Bonchev–Trinajstić information content (AvgIpc) is 3.48. The second-order valence-electron chi connectivity index (χ2n) is 9.27. The van der Waals surface area contributed by atoms with E-state index in [2.05, 4.69) is 4.98 Å². The number of pyridine rings is 1. The van der Waals surface area contributed by atoms with E-state index in [-0.39, 0.29) is 31.0 Å². The first-order valence-electron chi connectivity index (χ1n) is 11.9. The molecule has 0 N–H and O–H groups in total. The van der Waals surface area contributed by atoms with E-state index in [1.165, 1.54) is 39.4 Å². The van der Waals surface area contributed by atoms with Crippen molar-refractivity contribution in [3.63, 3.8) is 0 Å². The van der Waals surface area contributed by atoms with Gasteiger partial charge in [0, 0.05) is 37.3 Å². The maximum absolute atomic E-state index is 15.2. The molecule has 3 atom stereocenters. The van der Waals surface area contributed by atoms with Crippen molar-refractivity contribution in [3.8, 4) is 0 Å². The van der Waals surface area contributed by atoms with Crippen molar-refractivity contribution in [2.24, 2.45) is 0 Å². The monoisotopic (exact) mass is 578 g/mol. The van der Waals surface area contributed by atoms with Gasteiger partial charge in [-0.05, 0) is 49.3 Å². The van der Waals surface area contributed by atoms with Crippen LogP contribution in [0.25, 0.3) is 5.57 Å². The SMILES string of the molecule is C/C(=C\S(=O)(=O)N(Cc1ccccn1)[C@H]1CCN(C2C=CC(C(=O)N(C)C)=CC2F)C1=O)c1ccc(Cl)s1. The Hall–Kier alpha value is -2.86. The highest BCUT2D eigenvalue weighted by atomic mass is 35.5. The van der Waals surface area contributed by atoms with Crippen molar-refractivity contribution in [1.29, 1.82) is 0 Å². The van der Waals surface area contributed by atoms with E-state index < -0.39 is 34.2 Å². The van der Waals surface area contributed by atoms with Gasteiger partial charge in [0.1, 0.15) is 12.2 Å². The fourth-order valence-electron chi connectivity index (χ4n) is 4.46. The Morgan fingerprint density at radius 1 is 1.29 bits per heavy atom. The number of hydrogen-bond donors (Lipinski definition) is 0. The van der Waals surface area contributed by atoms with Gasteiger partial charge in [-0.15, -0.1) is 11.3 Å². The van der Waals surface area contributed by atoms with E-state index in [0.717, 1.165) is 9.71 Å². The van der Waals surface area contributed by atoms with Gasteiger partial charge in [-0.3, -0.25) is 14.6 Å². The lowest BCUT2D eigenvalue weighted by molar-refractivity contribution is -0.132. The summed E-state index contributed by atoms with van der Waals surface area (Å²) in [5, 5.41) is 1.13. The van der Waals surface area contributed by atoms with Gasteiger partial charge in [-0.2, -0.15) is 4.31 Å². The molecule has 1 fully saturated rings. The summed E-state index contributed by atoms with van der Waals surface area (Å²) >= 11 is 7.28. The lowest BCUT2D eigenvalue weighted by atomic mass is 9.99. The Morgan fingerprint density at radius 2 is 2.05 bits per heavy atom. The quantitative estimate of drug-likeness (QED) is 0.474. The molecule has 2 aromatic heterocycles. The van der Waals surface area contributed by atoms with Crippen molar-refractivity contribution < 1.29 is 22.4 Å². The Kier molecular flexibility index (Phi) is 8.51. The summed E-state index contributed by atoms with van der Waals surface area (Å²) in [5.41, 5.74) is 1.16. The number of likely N-dealkylation sites (N-methyl/N-ethyl adjacent to an activating group) is 1. The van der Waals surface area contributed by atoms with Crippen LogP contribution in [0.1, 0.15) is 23.9 Å². The first-order chi connectivity index (χ1) is 18.0. The van der Waals surface area contributed by atoms with Gasteiger partial charge in [-0.25, -0.2) is 12.8 Å². The molecule has 1 aliphatic heterocycles. The molecule has 3 heterocycles. The molecule has 0 aromatic carbocycles. The number of nitrogens with zero attached hydrogens (tertiary/aromatic N) is 4. The molecule has 12 heteroatoms. The summed E-state index contributed by atoms with van der Waals surface area (Å²) in [7, 11) is -0.950. The van der Waals surface area contributed by atoms with Crippen LogP contribution in [-0.4, -0.2) is 78.2 Å². The van der Waals surface area contributed by atoms with Crippen LogP contribution in [0, 0.1) is 0 Å². The molecule has 2 aromatic rings. The lowest BCUT2D eigenvalue weighted by Gasteiger charge is -2.31. The van der Waals surface area contributed by atoms with Crippen LogP contribution in [0.5, 0.6) is 0 Å². The van der Waals surface area contributed by atoms with E-state index in [4.69, 9.17) is 11.6 Å². The van der Waals surface area contributed by atoms with E-state index in [1.807, 2.05) is 0 Å². The molecule has 0 bridgehead atoms. The highest BCUT2D eigenvalue weighted by molar-refractivity contribution is 7.92. The average molecular weight is 579 g/mol. The Morgan fingerprint density at radius 3 is 2.66 bits per heavy atom. The van der Waals surface area contributed by atoms with Crippen LogP contribution < -0.4 is 0 Å². The standard InChI is InChI=1S/C26H28ClFN4O4S2/c1-17(23-9-10-24(27)37-23)16-38(35,36)32(15-19-6-4-5-12-29-19)22-11-13-31(26(22)34)21-8-7-18(14-20(21)28)25(33)30(2)3/h4-10,12,14,16,20-22H,11,13,15H2,1-3H3/b17-16+/t20?,21?,22-/m0/s1. The molecule has 202 valence electrons. The third kappa shape index (κ3) is 6.06. The minimum absolute atomic E-state index is 0.122. The zero-order valence-corrected chi connectivity index (χ0v) is 23.5. The summed E-state index contributed by atoms with van der Waals surface area (Å²) in [6.07, 6.45) is 4.33. The topological polar surface area (TPSA) is 90.9 Å². The molecule has 0 spiro atoms. The number of likely N-dealkylation sites (tertiary alicyclic amines) is 1.